The van der Waals surface area contributed by atoms with Gasteiger partial charge in [0.15, 0.2) is 11.7 Å². The first-order valence-electron chi connectivity index (χ1n) is 8.88. The van der Waals surface area contributed by atoms with Crippen LogP contribution in [0.1, 0.15) is 37.8 Å². The molecule has 0 saturated heterocycles. The van der Waals surface area contributed by atoms with Gasteiger partial charge in [0.05, 0.1) is 10.6 Å². The van der Waals surface area contributed by atoms with Crippen LogP contribution >= 0.6 is 11.3 Å². The van der Waals surface area contributed by atoms with Crippen molar-refractivity contribution in [2.75, 3.05) is 11.9 Å². The van der Waals surface area contributed by atoms with Crippen molar-refractivity contribution in [2.24, 2.45) is 11.3 Å². The molecule has 1 aliphatic rings. The van der Waals surface area contributed by atoms with E-state index < -0.39 is 4.92 Å². The third-order valence-electron chi connectivity index (χ3n) is 4.83. The molecular formula is C19H23N3O4S. The summed E-state index contributed by atoms with van der Waals surface area (Å²) in [7, 11) is 0. The number of non-ortho nitro benzene ring substituents is 1. The van der Waals surface area contributed by atoms with E-state index in [2.05, 4.69) is 31.1 Å². The molecule has 1 heterocycles. The Kier molecular flexibility index (Phi) is 5.46. The number of rotatable bonds is 5. The van der Waals surface area contributed by atoms with Gasteiger partial charge >= 0.3 is 0 Å². The van der Waals surface area contributed by atoms with Gasteiger partial charge in [0.25, 0.3) is 11.6 Å². The minimum absolute atomic E-state index is 0.0197. The smallest absolute Gasteiger partial charge is 0.269 e. The van der Waals surface area contributed by atoms with Crippen LogP contribution in [0.5, 0.6) is 5.75 Å². The number of nitrogens with one attached hydrogen (secondary N) is 1. The van der Waals surface area contributed by atoms with E-state index in [9.17, 15) is 14.9 Å². The predicted octanol–water partition coefficient (Wildman–Crippen LogP) is 4.22. The minimum atomic E-state index is -0.481. The van der Waals surface area contributed by atoms with Crippen molar-refractivity contribution in [3.05, 3.63) is 45.0 Å². The summed E-state index contributed by atoms with van der Waals surface area (Å²) in [4.78, 5) is 28.1. The molecule has 7 nitrogen and oxygen atoms in total. The van der Waals surface area contributed by atoms with Crippen LogP contribution in [-0.2, 0) is 17.6 Å². The zero-order valence-electron chi connectivity index (χ0n) is 15.7. The lowest BCUT2D eigenvalue weighted by Crippen LogP contribution is -2.26. The second kappa shape index (κ2) is 7.64. The summed E-state index contributed by atoms with van der Waals surface area (Å²) < 4.78 is 5.38. The van der Waals surface area contributed by atoms with E-state index in [0.717, 1.165) is 25.0 Å². The highest BCUT2D eigenvalue weighted by Crippen LogP contribution is 2.40. The van der Waals surface area contributed by atoms with Crippen LogP contribution in [0.25, 0.3) is 0 Å². The Balaban J connectivity index is 1.54. The Morgan fingerprint density at radius 1 is 1.37 bits per heavy atom. The Labute approximate surface area is 161 Å². The second-order valence-corrected chi connectivity index (χ2v) is 8.87. The van der Waals surface area contributed by atoms with E-state index in [1.54, 1.807) is 0 Å². The molecule has 0 radical (unpaired) electrons. The highest BCUT2D eigenvalue weighted by molar-refractivity contribution is 7.15. The molecule has 2 aromatic rings. The van der Waals surface area contributed by atoms with E-state index in [1.807, 2.05) is 0 Å². The molecule has 1 amide bonds. The predicted molar refractivity (Wildman–Crippen MR) is 104 cm³/mol. The van der Waals surface area contributed by atoms with Gasteiger partial charge in [-0.1, -0.05) is 20.8 Å². The number of nitro groups is 1. The molecule has 8 heteroatoms. The average Bonchev–Trinajstić information content (AvgIpc) is 3.00. The number of aryl methyl sites for hydroxylation is 1. The zero-order chi connectivity index (χ0) is 19.6. The number of thiazole rings is 1. The van der Waals surface area contributed by atoms with Gasteiger partial charge < -0.3 is 4.74 Å². The highest BCUT2D eigenvalue weighted by Gasteiger charge is 2.30. The monoisotopic (exact) mass is 389 g/mol. The van der Waals surface area contributed by atoms with Gasteiger partial charge in [-0.2, -0.15) is 0 Å². The molecule has 1 aromatic carbocycles. The normalized spacial score (nSPS) is 16.5. The Morgan fingerprint density at radius 3 is 2.70 bits per heavy atom. The Bertz CT molecular complexity index is 840. The summed E-state index contributed by atoms with van der Waals surface area (Å²) in [6.07, 6.45) is 3.07. The molecule has 1 atom stereocenters. The van der Waals surface area contributed by atoms with Crippen molar-refractivity contribution >= 4 is 28.1 Å². The van der Waals surface area contributed by atoms with Crippen LogP contribution in [0.3, 0.4) is 0 Å². The number of nitrogens with zero attached hydrogens (tertiary/aromatic N) is 2. The first kappa shape index (κ1) is 19.3. The van der Waals surface area contributed by atoms with Gasteiger partial charge in [0, 0.05) is 17.0 Å². The molecule has 0 fully saturated rings. The number of amides is 1. The number of benzene rings is 1. The molecule has 3 rings (SSSR count). The van der Waals surface area contributed by atoms with E-state index >= 15 is 0 Å². The van der Waals surface area contributed by atoms with Gasteiger partial charge in [0.1, 0.15) is 5.75 Å². The quantitative estimate of drug-likeness (QED) is 0.610. The lowest BCUT2D eigenvalue weighted by Gasteiger charge is -2.33. The maximum absolute atomic E-state index is 12.1. The number of carbonyl (C=O) groups excluding carboxylic acids is 1. The Hall–Kier alpha value is -2.48. The van der Waals surface area contributed by atoms with Gasteiger partial charge in [-0.05, 0) is 42.7 Å². The summed E-state index contributed by atoms with van der Waals surface area (Å²) in [5.74, 6) is 0.730. The number of aromatic nitrogens is 1. The minimum Gasteiger partial charge on any atom is -0.484 e. The molecule has 1 N–H and O–H groups in total. The third-order valence-corrected chi connectivity index (χ3v) is 5.86. The summed E-state index contributed by atoms with van der Waals surface area (Å²) in [6, 6.07) is 5.63. The fraction of sp³-hybridized carbons (Fsp3) is 0.474. The number of fused-ring (bicyclic) bond motifs is 1. The first-order valence-corrected chi connectivity index (χ1v) is 9.69. The first-order chi connectivity index (χ1) is 12.7. The van der Waals surface area contributed by atoms with Gasteiger partial charge in [0.2, 0.25) is 0 Å². The number of hydrogen-bond donors (Lipinski definition) is 1. The third kappa shape index (κ3) is 4.82. The van der Waals surface area contributed by atoms with Crippen molar-refractivity contribution in [3.63, 3.8) is 0 Å². The number of carbonyl (C=O) groups is 1. The van der Waals surface area contributed by atoms with Crippen molar-refractivity contribution in [1.82, 2.24) is 4.98 Å². The SMILES string of the molecule is CC(C)(C)[C@@H]1CCc2nc(NC(=O)COc3ccc([N+](=O)[O-])cc3)sc2C1. The van der Waals surface area contributed by atoms with Gasteiger partial charge in [-0.15, -0.1) is 11.3 Å². The van der Waals surface area contributed by atoms with E-state index in [0.29, 0.717) is 16.8 Å². The second-order valence-electron chi connectivity index (χ2n) is 7.78. The standard InChI is InChI=1S/C19H23N3O4S/c1-19(2,3)12-4-9-15-16(10-12)27-18(20-15)21-17(23)11-26-14-7-5-13(6-8-14)22(24)25/h5-8,12H,4,9-11H2,1-3H3,(H,20,21,23)/t12-/m1/s1. The van der Waals surface area contributed by atoms with Crippen LogP contribution < -0.4 is 10.1 Å². The summed E-state index contributed by atoms with van der Waals surface area (Å²) in [5, 5.41) is 14.0. The molecular weight excluding hydrogens is 366 g/mol. The lowest BCUT2D eigenvalue weighted by molar-refractivity contribution is -0.384. The molecule has 0 spiro atoms. The summed E-state index contributed by atoms with van der Waals surface area (Å²) >= 11 is 1.54. The van der Waals surface area contributed by atoms with Crippen molar-refractivity contribution in [1.29, 1.82) is 0 Å². The maximum Gasteiger partial charge on any atom is 0.269 e. The average molecular weight is 389 g/mol. The Morgan fingerprint density at radius 2 is 2.07 bits per heavy atom. The zero-order valence-corrected chi connectivity index (χ0v) is 16.5. The lowest BCUT2D eigenvalue weighted by atomic mass is 9.73. The van der Waals surface area contributed by atoms with Gasteiger partial charge in [-0.3, -0.25) is 20.2 Å². The van der Waals surface area contributed by atoms with Crippen LogP contribution in [-0.4, -0.2) is 22.4 Å². The molecule has 144 valence electrons. The van der Waals surface area contributed by atoms with Crippen LogP contribution in [0.15, 0.2) is 24.3 Å². The molecule has 0 bridgehead atoms. The fourth-order valence-electron chi connectivity index (χ4n) is 3.14. The molecule has 0 unspecified atom stereocenters. The van der Waals surface area contributed by atoms with Crippen molar-refractivity contribution in [2.45, 2.75) is 40.0 Å². The largest absolute Gasteiger partial charge is 0.484 e. The molecule has 27 heavy (non-hydrogen) atoms. The topological polar surface area (TPSA) is 94.4 Å². The van der Waals surface area contributed by atoms with Gasteiger partial charge in [-0.25, -0.2) is 4.98 Å². The summed E-state index contributed by atoms with van der Waals surface area (Å²) in [5.41, 5.74) is 1.34. The van der Waals surface area contributed by atoms with Crippen LogP contribution in [0.4, 0.5) is 10.8 Å². The van der Waals surface area contributed by atoms with E-state index in [1.165, 1.54) is 40.5 Å². The van der Waals surface area contributed by atoms with E-state index in [-0.39, 0.29) is 23.6 Å². The van der Waals surface area contributed by atoms with Crippen molar-refractivity contribution in [3.8, 4) is 5.75 Å². The molecule has 0 saturated carbocycles. The highest BCUT2D eigenvalue weighted by atomic mass is 32.1. The summed E-state index contributed by atoms with van der Waals surface area (Å²) in [6.45, 7) is 6.62. The van der Waals surface area contributed by atoms with Crippen LogP contribution in [0.2, 0.25) is 0 Å². The number of ether oxygens (including phenoxy) is 1. The number of hydrogen-bond acceptors (Lipinski definition) is 6. The number of anilines is 1. The van der Waals surface area contributed by atoms with Crippen LogP contribution in [0, 0.1) is 21.4 Å². The molecule has 0 aliphatic heterocycles. The maximum atomic E-state index is 12.1. The van der Waals surface area contributed by atoms with Crippen molar-refractivity contribution < 1.29 is 14.5 Å². The number of nitro benzene ring substituents is 1. The fourth-order valence-corrected chi connectivity index (χ4v) is 4.24. The molecule has 1 aromatic heterocycles. The van der Waals surface area contributed by atoms with E-state index in [4.69, 9.17) is 4.74 Å². The molecule has 1 aliphatic carbocycles.